The molecule has 4 atom stereocenters. The first kappa shape index (κ1) is 12.6. The molecule has 4 unspecified atom stereocenters. The van der Waals surface area contributed by atoms with E-state index in [1.165, 1.54) is 31.2 Å². The quantitative estimate of drug-likeness (QED) is 0.788. The van der Waals surface area contributed by atoms with Gasteiger partial charge in [-0.2, -0.15) is 0 Å². The Balaban J connectivity index is 1.86. The number of hydrogen-bond acceptors (Lipinski definition) is 1. The molecule has 0 bridgehead atoms. The Bertz CT molecular complexity index is 333. The highest BCUT2D eigenvalue weighted by molar-refractivity contribution is 5.26. The molecule has 0 amide bonds. The number of benzene rings is 1. The van der Waals surface area contributed by atoms with E-state index in [9.17, 15) is 0 Å². The van der Waals surface area contributed by atoms with E-state index < -0.39 is 0 Å². The maximum Gasteiger partial charge on any atom is 0.00990 e. The number of rotatable bonds is 6. The van der Waals surface area contributed by atoms with Gasteiger partial charge in [0.15, 0.2) is 0 Å². The highest BCUT2D eigenvalue weighted by atomic mass is 14.7. The second-order valence-electron chi connectivity index (χ2n) is 5.61. The van der Waals surface area contributed by atoms with E-state index in [0.29, 0.717) is 12.0 Å². The Morgan fingerprint density at radius 1 is 1.29 bits per heavy atom. The van der Waals surface area contributed by atoms with Gasteiger partial charge in [0.05, 0.1) is 0 Å². The molecule has 0 heterocycles. The summed E-state index contributed by atoms with van der Waals surface area (Å²) in [6, 6.07) is 11.2. The van der Waals surface area contributed by atoms with Crippen molar-refractivity contribution in [1.82, 2.24) is 0 Å². The second kappa shape index (κ2) is 5.68. The van der Waals surface area contributed by atoms with Crippen LogP contribution in [-0.2, 0) is 0 Å². The molecule has 1 heteroatoms. The van der Waals surface area contributed by atoms with Crippen LogP contribution in [0.25, 0.3) is 0 Å². The van der Waals surface area contributed by atoms with Gasteiger partial charge < -0.3 is 5.73 Å². The second-order valence-corrected chi connectivity index (χ2v) is 5.61. The summed E-state index contributed by atoms with van der Waals surface area (Å²) < 4.78 is 0. The summed E-state index contributed by atoms with van der Waals surface area (Å²) in [7, 11) is 0. The van der Waals surface area contributed by atoms with Gasteiger partial charge in [-0.05, 0) is 36.2 Å². The van der Waals surface area contributed by atoms with Crippen LogP contribution in [0.5, 0.6) is 0 Å². The molecule has 1 aliphatic rings. The van der Waals surface area contributed by atoms with E-state index in [4.69, 9.17) is 5.73 Å². The van der Waals surface area contributed by atoms with Gasteiger partial charge in [-0.3, -0.25) is 0 Å². The summed E-state index contributed by atoms with van der Waals surface area (Å²) >= 11 is 0. The maximum absolute atomic E-state index is 6.39. The smallest absolute Gasteiger partial charge is 0.00990 e. The standard InChI is InChI=1S/C16H25N/c1-3-4-8-12(2)16(17)15-11-14(15)13-9-6-5-7-10-13/h5-7,9-10,12,14-16H,3-4,8,11,17H2,1-2H3. The van der Waals surface area contributed by atoms with Crippen LogP contribution in [0.3, 0.4) is 0 Å². The van der Waals surface area contributed by atoms with Crippen molar-refractivity contribution in [3.63, 3.8) is 0 Å². The molecule has 2 rings (SSSR count). The van der Waals surface area contributed by atoms with Crippen LogP contribution in [0.2, 0.25) is 0 Å². The fourth-order valence-corrected chi connectivity index (χ4v) is 2.86. The lowest BCUT2D eigenvalue weighted by Gasteiger charge is -2.20. The van der Waals surface area contributed by atoms with E-state index >= 15 is 0 Å². The number of nitrogens with two attached hydrogens (primary N) is 1. The van der Waals surface area contributed by atoms with Gasteiger partial charge in [0, 0.05) is 6.04 Å². The molecule has 0 spiro atoms. The zero-order valence-electron chi connectivity index (χ0n) is 11.1. The molecule has 17 heavy (non-hydrogen) atoms. The molecular formula is C16H25N. The van der Waals surface area contributed by atoms with Gasteiger partial charge in [0.2, 0.25) is 0 Å². The van der Waals surface area contributed by atoms with Gasteiger partial charge in [-0.25, -0.2) is 0 Å². The molecule has 1 aromatic rings. The van der Waals surface area contributed by atoms with Crippen molar-refractivity contribution in [3.05, 3.63) is 35.9 Å². The monoisotopic (exact) mass is 231 g/mol. The molecule has 0 aliphatic heterocycles. The van der Waals surface area contributed by atoms with Crippen molar-refractivity contribution in [2.24, 2.45) is 17.6 Å². The van der Waals surface area contributed by atoms with Gasteiger partial charge in [-0.15, -0.1) is 0 Å². The number of unbranched alkanes of at least 4 members (excludes halogenated alkanes) is 1. The molecule has 1 aromatic carbocycles. The van der Waals surface area contributed by atoms with E-state index in [1.54, 1.807) is 0 Å². The van der Waals surface area contributed by atoms with Crippen molar-refractivity contribution in [1.29, 1.82) is 0 Å². The minimum Gasteiger partial charge on any atom is -0.327 e. The Kier molecular flexibility index (Phi) is 4.22. The van der Waals surface area contributed by atoms with Crippen molar-refractivity contribution in [3.8, 4) is 0 Å². The van der Waals surface area contributed by atoms with Crippen molar-refractivity contribution in [2.75, 3.05) is 0 Å². The van der Waals surface area contributed by atoms with E-state index in [1.807, 2.05) is 0 Å². The fraction of sp³-hybridized carbons (Fsp3) is 0.625. The van der Waals surface area contributed by atoms with Crippen molar-refractivity contribution in [2.45, 2.75) is 51.5 Å². The van der Waals surface area contributed by atoms with Crippen LogP contribution in [0.4, 0.5) is 0 Å². The first-order valence-corrected chi connectivity index (χ1v) is 7.04. The topological polar surface area (TPSA) is 26.0 Å². The fourth-order valence-electron chi connectivity index (χ4n) is 2.86. The Hall–Kier alpha value is -0.820. The van der Waals surface area contributed by atoms with Crippen LogP contribution in [0, 0.1) is 11.8 Å². The zero-order valence-corrected chi connectivity index (χ0v) is 11.1. The predicted molar refractivity (Wildman–Crippen MR) is 74.0 cm³/mol. The zero-order chi connectivity index (χ0) is 12.3. The molecule has 0 aromatic heterocycles. The lowest BCUT2D eigenvalue weighted by Crippen LogP contribution is -2.31. The molecule has 2 N–H and O–H groups in total. The highest BCUT2D eigenvalue weighted by Crippen LogP contribution is 2.50. The summed E-state index contributed by atoms with van der Waals surface area (Å²) in [6.07, 6.45) is 5.18. The lowest BCUT2D eigenvalue weighted by molar-refractivity contribution is 0.377. The van der Waals surface area contributed by atoms with Crippen LogP contribution >= 0.6 is 0 Å². The summed E-state index contributed by atoms with van der Waals surface area (Å²) in [6.45, 7) is 4.57. The SMILES string of the molecule is CCCCC(C)C(N)C1CC1c1ccccc1. The van der Waals surface area contributed by atoms with Crippen LogP contribution in [-0.4, -0.2) is 6.04 Å². The Morgan fingerprint density at radius 3 is 2.65 bits per heavy atom. The van der Waals surface area contributed by atoms with Crippen molar-refractivity contribution < 1.29 is 0 Å². The molecule has 1 aliphatic carbocycles. The molecule has 1 saturated carbocycles. The first-order valence-electron chi connectivity index (χ1n) is 7.04. The summed E-state index contributed by atoms with van der Waals surface area (Å²) in [4.78, 5) is 0. The van der Waals surface area contributed by atoms with Gasteiger partial charge >= 0.3 is 0 Å². The van der Waals surface area contributed by atoms with Crippen LogP contribution in [0.1, 0.15) is 51.0 Å². The summed E-state index contributed by atoms with van der Waals surface area (Å²) in [5.74, 6) is 2.13. The van der Waals surface area contributed by atoms with Gasteiger partial charge in [0.1, 0.15) is 0 Å². The van der Waals surface area contributed by atoms with E-state index in [-0.39, 0.29) is 0 Å². The average molecular weight is 231 g/mol. The summed E-state index contributed by atoms with van der Waals surface area (Å²) in [5.41, 5.74) is 7.87. The maximum atomic E-state index is 6.39. The minimum atomic E-state index is 0.395. The molecule has 1 fully saturated rings. The Labute approximate surface area is 105 Å². The van der Waals surface area contributed by atoms with Gasteiger partial charge in [0.25, 0.3) is 0 Å². The van der Waals surface area contributed by atoms with Gasteiger partial charge in [-0.1, -0.05) is 57.0 Å². The third-order valence-electron chi connectivity index (χ3n) is 4.23. The molecule has 0 saturated heterocycles. The minimum absolute atomic E-state index is 0.395. The third kappa shape index (κ3) is 3.10. The number of hydrogen-bond donors (Lipinski definition) is 1. The van der Waals surface area contributed by atoms with E-state index in [2.05, 4.69) is 44.2 Å². The lowest BCUT2D eigenvalue weighted by atomic mass is 9.91. The normalized spacial score (nSPS) is 26.5. The van der Waals surface area contributed by atoms with Crippen LogP contribution in [0.15, 0.2) is 30.3 Å². The predicted octanol–water partition coefficient (Wildman–Crippen LogP) is 3.94. The molecule has 94 valence electrons. The van der Waals surface area contributed by atoms with Crippen LogP contribution < -0.4 is 5.73 Å². The highest BCUT2D eigenvalue weighted by Gasteiger charge is 2.43. The summed E-state index contributed by atoms with van der Waals surface area (Å²) in [5, 5.41) is 0. The largest absolute Gasteiger partial charge is 0.327 e. The molecule has 0 radical (unpaired) electrons. The Morgan fingerprint density at radius 2 is 2.00 bits per heavy atom. The average Bonchev–Trinajstić information content (AvgIpc) is 3.16. The third-order valence-corrected chi connectivity index (χ3v) is 4.23. The molecular weight excluding hydrogens is 206 g/mol. The molecule has 1 nitrogen and oxygen atoms in total. The van der Waals surface area contributed by atoms with E-state index in [0.717, 1.165) is 11.8 Å². The van der Waals surface area contributed by atoms with Crippen molar-refractivity contribution >= 4 is 0 Å². The first-order chi connectivity index (χ1) is 8.24.